The number of aromatic nitrogens is 1. The number of H-pyrrole nitrogens is 1. The van der Waals surface area contributed by atoms with Crippen molar-refractivity contribution < 1.29 is 22.7 Å². The molecular formula is C11H12F3NO3. The molecule has 0 bridgehead atoms. The highest BCUT2D eigenvalue weighted by Crippen LogP contribution is 2.28. The van der Waals surface area contributed by atoms with Gasteiger partial charge in [-0.2, -0.15) is 13.2 Å². The summed E-state index contributed by atoms with van der Waals surface area (Å²) in [5.74, 6) is -1.40. The van der Waals surface area contributed by atoms with Crippen molar-refractivity contribution in [3.05, 3.63) is 33.2 Å². The lowest BCUT2D eigenvalue weighted by Gasteiger charge is -2.14. The van der Waals surface area contributed by atoms with Crippen molar-refractivity contribution >= 4 is 5.97 Å². The Morgan fingerprint density at radius 1 is 1.39 bits per heavy atom. The fraction of sp³-hybridized carbons (Fsp3) is 0.455. The van der Waals surface area contributed by atoms with Gasteiger partial charge in [0.1, 0.15) is 11.3 Å². The van der Waals surface area contributed by atoms with Gasteiger partial charge in [0.2, 0.25) is 0 Å². The highest BCUT2D eigenvalue weighted by Gasteiger charge is 2.34. The van der Waals surface area contributed by atoms with Crippen LogP contribution in [-0.4, -0.2) is 18.1 Å². The quantitative estimate of drug-likeness (QED) is 0.833. The summed E-state index contributed by atoms with van der Waals surface area (Å²) in [6.07, 6.45) is -4.67. The van der Waals surface area contributed by atoms with Crippen molar-refractivity contribution in [2.24, 2.45) is 0 Å². The Bertz CT molecular complexity index is 517. The van der Waals surface area contributed by atoms with E-state index in [0.717, 1.165) is 7.11 Å². The molecule has 0 saturated carbocycles. The minimum Gasteiger partial charge on any atom is -0.465 e. The number of alkyl halides is 3. The lowest BCUT2D eigenvalue weighted by atomic mass is 10.0. The second kappa shape index (κ2) is 4.83. The van der Waals surface area contributed by atoms with Crippen LogP contribution in [0.2, 0.25) is 0 Å². The molecule has 4 nitrogen and oxygen atoms in total. The summed E-state index contributed by atoms with van der Waals surface area (Å²) in [7, 11) is 1.06. The van der Waals surface area contributed by atoms with Gasteiger partial charge >= 0.3 is 12.1 Å². The third kappa shape index (κ3) is 2.72. The van der Waals surface area contributed by atoms with E-state index in [1.165, 1.54) is 0 Å². The number of hydrogen-bond donors (Lipinski definition) is 1. The van der Waals surface area contributed by atoms with Crippen LogP contribution < -0.4 is 5.43 Å². The van der Waals surface area contributed by atoms with Crippen LogP contribution in [0.25, 0.3) is 0 Å². The predicted molar refractivity (Wildman–Crippen MR) is 57.5 cm³/mol. The summed E-state index contributed by atoms with van der Waals surface area (Å²) < 4.78 is 42.0. The highest BCUT2D eigenvalue weighted by molar-refractivity contribution is 5.90. The molecule has 0 aliphatic rings. The van der Waals surface area contributed by atoms with Crippen LogP contribution in [0, 0.1) is 0 Å². The van der Waals surface area contributed by atoms with Crippen molar-refractivity contribution in [3.63, 3.8) is 0 Å². The van der Waals surface area contributed by atoms with E-state index in [0.29, 0.717) is 6.07 Å². The van der Waals surface area contributed by atoms with Crippen LogP contribution in [0.3, 0.4) is 0 Å². The zero-order valence-electron chi connectivity index (χ0n) is 10.0. The van der Waals surface area contributed by atoms with Gasteiger partial charge in [-0.3, -0.25) is 4.79 Å². The molecule has 100 valence electrons. The summed E-state index contributed by atoms with van der Waals surface area (Å²) in [5, 5.41) is 0. The predicted octanol–water partition coefficient (Wildman–Crippen LogP) is 2.30. The van der Waals surface area contributed by atoms with Crippen LogP contribution in [0.5, 0.6) is 0 Å². The monoisotopic (exact) mass is 263 g/mol. The molecule has 0 saturated heterocycles. The molecule has 0 atom stereocenters. The Kier molecular flexibility index (Phi) is 3.83. The van der Waals surface area contributed by atoms with E-state index in [2.05, 4.69) is 9.72 Å². The highest BCUT2D eigenvalue weighted by atomic mass is 19.4. The number of methoxy groups -OCH3 is 1. The molecule has 1 heterocycles. The third-order valence-corrected chi connectivity index (χ3v) is 2.33. The van der Waals surface area contributed by atoms with Gasteiger partial charge in [-0.15, -0.1) is 0 Å². The topological polar surface area (TPSA) is 59.2 Å². The van der Waals surface area contributed by atoms with Crippen molar-refractivity contribution in [2.75, 3.05) is 7.11 Å². The molecule has 0 unspecified atom stereocenters. The fourth-order valence-electron chi connectivity index (χ4n) is 1.48. The Hall–Kier alpha value is -1.79. The first-order valence-electron chi connectivity index (χ1n) is 5.11. The number of hydrogen-bond acceptors (Lipinski definition) is 3. The Balaban J connectivity index is 3.56. The molecule has 0 amide bonds. The van der Waals surface area contributed by atoms with Crippen LogP contribution in [0.4, 0.5) is 13.2 Å². The summed E-state index contributed by atoms with van der Waals surface area (Å²) in [5.41, 5.74) is -2.65. The molecule has 1 N–H and O–H groups in total. The molecule has 1 rings (SSSR count). The van der Waals surface area contributed by atoms with E-state index in [1.54, 1.807) is 13.8 Å². The van der Waals surface area contributed by atoms with E-state index >= 15 is 0 Å². The van der Waals surface area contributed by atoms with Crippen molar-refractivity contribution in [2.45, 2.75) is 25.9 Å². The third-order valence-electron chi connectivity index (χ3n) is 2.33. The van der Waals surface area contributed by atoms with Crippen LogP contribution in [-0.2, 0) is 10.9 Å². The number of carbonyl (C=O) groups excluding carboxylic acids is 1. The molecule has 7 heteroatoms. The minimum atomic E-state index is -4.67. The minimum absolute atomic E-state index is 0.0818. The number of carbonyl (C=O) groups is 1. The number of ether oxygens (including phenoxy) is 1. The maximum atomic E-state index is 12.5. The second-order valence-corrected chi connectivity index (χ2v) is 3.98. The molecule has 0 radical (unpaired) electrons. The van der Waals surface area contributed by atoms with Crippen LogP contribution in [0.15, 0.2) is 10.9 Å². The number of rotatable bonds is 2. The molecule has 0 aliphatic carbocycles. The van der Waals surface area contributed by atoms with E-state index in [1.807, 2.05) is 0 Å². The molecule has 0 aliphatic heterocycles. The average molecular weight is 263 g/mol. The Labute approximate surface area is 101 Å². The van der Waals surface area contributed by atoms with Crippen molar-refractivity contribution in [1.29, 1.82) is 0 Å². The Morgan fingerprint density at radius 2 is 1.94 bits per heavy atom. The number of pyridine rings is 1. The largest absolute Gasteiger partial charge is 0.465 e. The normalized spacial score (nSPS) is 11.7. The Morgan fingerprint density at radius 3 is 2.33 bits per heavy atom. The molecule has 0 aromatic carbocycles. The van der Waals surface area contributed by atoms with Gasteiger partial charge in [-0.25, -0.2) is 4.79 Å². The lowest BCUT2D eigenvalue weighted by Crippen LogP contribution is -2.24. The van der Waals surface area contributed by atoms with Gasteiger partial charge in [0.25, 0.3) is 0 Å². The van der Waals surface area contributed by atoms with Gasteiger partial charge in [-0.1, -0.05) is 13.8 Å². The summed E-state index contributed by atoms with van der Waals surface area (Å²) in [6, 6.07) is 0.359. The van der Waals surface area contributed by atoms with E-state index in [-0.39, 0.29) is 11.3 Å². The van der Waals surface area contributed by atoms with Gasteiger partial charge in [0.05, 0.1) is 7.11 Å². The zero-order valence-corrected chi connectivity index (χ0v) is 10.0. The first-order chi connectivity index (χ1) is 8.18. The van der Waals surface area contributed by atoms with Crippen molar-refractivity contribution in [3.8, 4) is 0 Å². The number of halogens is 3. The maximum absolute atomic E-state index is 12.5. The molecule has 1 aromatic rings. The van der Waals surface area contributed by atoms with Crippen LogP contribution >= 0.6 is 0 Å². The SMILES string of the molecule is COC(=O)c1c(C(C)C)[nH]c(C(F)(F)F)cc1=O. The number of nitrogens with one attached hydrogen (secondary N) is 1. The molecule has 0 spiro atoms. The molecule has 1 aromatic heterocycles. The van der Waals surface area contributed by atoms with Gasteiger partial charge in [0.15, 0.2) is 5.43 Å². The van der Waals surface area contributed by atoms with E-state index in [4.69, 9.17) is 0 Å². The smallest absolute Gasteiger partial charge is 0.431 e. The van der Waals surface area contributed by atoms with Gasteiger partial charge in [-0.05, 0) is 5.92 Å². The maximum Gasteiger partial charge on any atom is 0.431 e. The summed E-state index contributed by atoms with van der Waals surface area (Å²) >= 11 is 0. The standard InChI is InChI=1S/C11H12F3NO3/c1-5(2)9-8(10(17)18-3)6(16)4-7(15-9)11(12,13)14/h4-5H,1-3H3,(H,15,16). The van der Waals surface area contributed by atoms with E-state index in [9.17, 15) is 22.8 Å². The van der Waals surface area contributed by atoms with Crippen LogP contribution in [0.1, 0.15) is 41.5 Å². The molecule has 18 heavy (non-hydrogen) atoms. The second-order valence-electron chi connectivity index (χ2n) is 3.98. The van der Waals surface area contributed by atoms with Crippen molar-refractivity contribution in [1.82, 2.24) is 4.98 Å². The fourth-order valence-corrected chi connectivity index (χ4v) is 1.48. The van der Waals surface area contributed by atoms with E-state index < -0.39 is 29.2 Å². The summed E-state index contributed by atoms with van der Waals surface area (Å²) in [4.78, 5) is 25.1. The first kappa shape index (κ1) is 14.3. The molecule has 0 fully saturated rings. The lowest BCUT2D eigenvalue weighted by molar-refractivity contribution is -0.141. The zero-order chi connectivity index (χ0) is 14.1. The average Bonchev–Trinajstić information content (AvgIpc) is 2.25. The number of esters is 1. The molecular weight excluding hydrogens is 251 g/mol. The first-order valence-corrected chi connectivity index (χ1v) is 5.11. The van der Waals surface area contributed by atoms with Gasteiger partial charge in [0, 0.05) is 11.8 Å². The van der Waals surface area contributed by atoms with Gasteiger partial charge < -0.3 is 9.72 Å². The number of aromatic amines is 1. The summed E-state index contributed by atoms with van der Waals surface area (Å²) in [6.45, 7) is 3.13.